The van der Waals surface area contributed by atoms with E-state index in [0.29, 0.717) is 5.56 Å². The molecule has 0 aliphatic heterocycles. The van der Waals surface area contributed by atoms with E-state index in [4.69, 9.17) is 4.11 Å². The number of nitrogens with zero attached hydrogens (tertiary/aromatic N) is 1. The van der Waals surface area contributed by atoms with Gasteiger partial charge in [0.1, 0.15) is 0 Å². The summed E-state index contributed by atoms with van der Waals surface area (Å²) in [6.45, 7) is 4.65. The number of benzene rings is 1. The fourth-order valence-electron chi connectivity index (χ4n) is 2.47. The van der Waals surface area contributed by atoms with Crippen LogP contribution in [0.15, 0.2) is 36.5 Å². The second-order valence-corrected chi connectivity index (χ2v) is 18.3. The van der Waals surface area contributed by atoms with Gasteiger partial charge < -0.3 is 0 Å². The molecule has 0 saturated heterocycles. The molecule has 2 aromatic rings. The molecular formula is C19H27GeN. The molecule has 0 aliphatic carbocycles. The average molecular weight is 345 g/mol. The van der Waals surface area contributed by atoms with Crippen molar-refractivity contribution in [3.05, 3.63) is 47.7 Å². The first-order chi connectivity index (χ1) is 10.8. The van der Waals surface area contributed by atoms with Gasteiger partial charge in [0, 0.05) is 0 Å². The Morgan fingerprint density at radius 1 is 1.05 bits per heavy atom. The summed E-state index contributed by atoms with van der Waals surface area (Å²) in [5.41, 5.74) is 3.65. The van der Waals surface area contributed by atoms with E-state index in [0.717, 1.165) is 11.3 Å². The molecule has 1 nitrogen and oxygen atoms in total. The standard InChI is InChI=1S/C19H27GeN/c1-14-8-10-15(11-9-14)18-12-16(19(2,3)4)17(13-21-18)20(5,6)7/h8-13H,1-7H3/i1D3. The van der Waals surface area contributed by atoms with Gasteiger partial charge in [-0.15, -0.1) is 0 Å². The van der Waals surface area contributed by atoms with Crippen LogP contribution in [0.1, 0.15) is 36.0 Å². The minimum absolute atomic E-state index is 0.0597. The van der Waals surface area contributed by atoms with E-state index in [-0.39, 0.29) is 5.41 Å². The summed E-state index contributed by atoms with van der Waals surface area (Å²) in [5, 5.41) is 0. The third-order valence-electron chi connectivity index (χ3n) is 3.70. The molecule has 0 unspecified atom stereocenters. The molecular weight excluding hydrogens is 315 g/mol. The maximum atomic E-state index is 7.48. The predicted octanol–water partition coefficient (Wildman–Crippen LogP) is 4.90. The Balaban J connectivity index is 2.53. The quantitative estimate of drug-likeness (QED) is 0.706. The van der Waals surface area contributed by atoms with Crippen molar-refractivity contribution in [1.29, 1.82) is 0 Å². The monoisotopic (exact) mass is 346 g/mol. The van der Waals surface area contributed by atoms with Crippen LogP contribution in [0.4, 0.5) is 0 Å². The number of rotatable bonds is 2. The fourth-order valence-corrected chi connectivity index (χ4v) is 6.05. The van der Waals surface area contributed by atoms with Gasteiger partial charge in [-0.1, -0.05) is 0 Å². The summed E-state index contributed by atoms with van der Waals surface area (Å²) in [6, 6.07) is 9.26. The van der Waals surface area contributed by atoms with E-state index in [1.807, 2.05) is 18.3 Å². The predicted molar refractivity (Wildman–Crippen MR) is 96.1 cm³/mol. The van der Waals surface area contributed by atoms with Gasteiger partial charge in [0.15, 0.2) is 0 Å². The Morgan fingerprint density at radius 2 is 1.67 bits per heavy atom. The van der Waals surface area contributed by atoms with Crippen molar-refractivity contribution < 1.29 is 4.11 Å². The summed E-state index contributed by atoms with van der Waals surface area (Å²) in [6.07, 6.45) is 2.05. The Hall–Kier alpha value is -1.09. The van der Waals surface area contributed by atoms with Gasteiger partial charge >= 0.3 is 136 Å². The first-order valence-corrected chi connectivity index (χ1v) is 14.8. The van der Waals surface area contributed by atoms with E-state index in [1.165, 1.54) is 9.96 Å². The second-order valence-electron chi connectivity index (χ2n) is 7.69. The van der Waals surface area contributed by atoms with Crippen molar-refractivity contribution in [3.63, 3.8) is 0 Å². The topological polar surface area (TPSA) is 12.9 Å². The number of pyridine rings is 1. The number of hydrogen-bond acceptors (Lipinski definition) is 1. The molecule has 0 aliphatic rings. The first-order valence-electron chi connectivity index (χ1n) is 8.92. The van der Waals surface area contributed by atoms with Crippen LogP contribution >= 0.6 is 0 Å². The second kappa shape index (κ2) is 5.60. The van der Waals surface area contributed by atoms with E-state index in [2.05, 4.69) is 49.1 Å². The van der Waals surface area contributed by atoms with Crippen LogP contribution in [0.3, 0.4) is 0 Å². The zero-order valence-corrected chi connectivity index (χ0v) is 16.0. The van der Waals surface area contributed by atoms with Crippen molar-refractivity contribution in [2.45, 2.75) is 50.3 Å². The van der Waals surface area contributed by atoms with Crippen LogP contribution in [0.2, 0.25) is 17.3 Å². The average Bonchev–Trinajstić information content (AvgIpc) is 2.44. The van der Waals surface area contributed by atoms with E-state index in [9.17, 15) is 0 Å². The Bertz CT molecular complexity index is 720. The molecule has 0 spiro atoms. The zero-order chi connectivity index (χ0) is 18.3. The Labute approximate surface area is 136 Å². The summed E-state index contributed by atoms with van der Waals surface area (Å²) >= 11 is -2.01. The number of hydrogen-bond donors (Lipinski definition) is 0. The first kappa shape index (κ1) is 12.5. The molecule has 0 amide bonds. The third kappa shape index (κ3) is 3.76. The third-order valence-corrected chi connectivity index (χ3v) is 7.93. The zero-order valence-electron chi connectivity index (χ0n) is 16.9. The van der Waals surface area contributed by atoms with Gasteiger partial charge in [-0.2, -0.15) is 0 Å². The van der Waals surface area contributed by atoms with E-state index < -0.39 is 20.1 Å². The number of aromatic nitrogens is 1. The molecule has 0 fully saturated rings. The normalized spacial score (nSPS) is 15.2. The Kier molecular flexibility index (Phi) is 3.32. The van der Waals surface area contributed by atoms with Crippen molar-refractivity contribution in [2.75, 3.05) is 0 Å². The van der Waals surface area contributed by atoms with Crippen LogP contribution in [-0.2, 0) is 5.41 Å². The summed E-state index contributed by atoms with van der Waals surface area (Å²) < 4.78 is 23.9. The molecule has 0 atom stereocenters. The summed E-state index contributed by atoms with van der Waals surface area (Å²) in [5.74, 6) is 7.16. The van der Waals surface area contributed by atoms with Crippen LogP contribution in [0, 0.1) is 6.85 Å². The maximum absolute atomic E-state index is 7.48. The van der Waals surface area contributed by atoms with Crippen LogP contribution in [0.25, 0.3) is 11.3 Å². The molecule has 0 radical (unpaired) electrons. The molecule has 112 valence electrons. The van der Waals surface area contributed by atoms with Gasteiger partial charge in [-0.3, -0.25) is 0 Å². The van der Waals surface area contributed by atoms with Crippen LogP contribution < -0.4 is 4.40 Å². The molecule has 0 saturated carbocycles. The van der Waals surface area contributed by atoms with E-state index in [1.54, 1.807) is 12.1 Å². The van der Waals surface area contributed by atoms with Gasteiger partial charge in [0.25, 0.3) is 0 Å². The molecule has 1 aromatic heterocycles. The van der Waals surface area contributed by atoms with Crippen molar-refractivity contribution >= 4 is 17.7 Å². The van der Waals surface area contributed by atoms with Crippen molar-refractivity contribution in [1.82, 2.24) is 4.98 Å². The van der Waals surface area contributed by atoms with Crippen LogP contribution in [0.5, 0.6) is 0 Å². The Morgan fingerprint density at radius 3 is 2.14 bits per heavy atom. The molecule has 21 heavy (non-hydrogen) atoms. The minimum atomic E-state index is -2.06. The van der Waals surface area contributed by atoms with E-state index >= 15 is 0 Å². The fraction of sp³-hybridized carbons (Fsp3) is 0.421. The summed E-state index contributed by atoms with van der Waals surface area (Å²) in [7, 11) is 0. The molecule has 2 rings (SSSR count). The van der Waals surface area contributed by atoms with Crippen molar-refractivity contribution in [3.8, 4) is 11.3 Å². The SMILES string of the molecule is [2H]C([2H])([2H])c1ccc(-c2cc(C(C)(C)C)[c]([Ge]([CH3])([CH3])[CH3])cn2)cc1. The van der Waals surface area contributed by atoms with Gasteiger partial charge in [0.2, 0.25) is 0 Å². The summed E-state index contributed by atoms with van der Waals surface area (Å²) in [4.78, 5) is 4.69. The van der Waals surface area contributed by atoms with Gasteiger partial charge in [0.05, 0.1) is 0 Å². The molecule has 2 heteroatoms. The molecule has 1 aromatic carbocycles. The van der Waals surface area contributed by atoms with Gasteiger partial charge in [-0.25, -0.2) is 0 Å². The van der Waals surface area contributed by atoms with Gasteiger partial charge in [-0.05, 0) is 0 Å². The van der Waals surface area contributed by atoms with Crippen LogP contribution in [-0.4, -0.2) is 18.3 Å². The molecule has 0 N–H and O–H groups in total. The number of aryl methyl sites for hydroxylation is 1. The molecule has 1 heterocycles. The van der Waals surface area contributed by atoms with Crippen molar-refractivity contribution in [2.24, 2.45) is 0 Å². The molecule has 0 bridgehead atoms.